The third kappa shape index (κ3) is 3.76. The minimum Gasteiger partial charge on any atom is -0.396 e. The minimum absolute atomic E-state index is 0.0387. The van der Waals surface area contributed by atoms with Crippen LogP contribution < -0.4 is 0 Å². The van der Waals surface area contributed by atoms with Gasteiger partial charge in [0.15, 0.2) is 0 Å². The van der Waals surface area contributed by atoms with Crippen LogP contribution in [0.5, 0.6) is 0 Å². The first-order valence-corrected chi connectivity index (χ1v) is 6.30. The van der Waals surface area contributed by atoms with Crippen molar-refractivity contribution in [2.75, 3.05) is 13.2 Å². The van der Waals surface area contributed by atoms with E-state index in [4.69, 9.17) is 10.4 Å². The number of hydrogen-bond donors (Lipinski definition) is 1. The first-order valence-electron chi connectivity index (χ1n) is 6.30. The third-order valence-corrected chi connectivity index (χ3v) is 2.87. The van der Waals surface area contributed by atoms with Crippen molar-refractivity contribution in [1.82, 2.24) is 9.88 Å². The van der Waals surface area contributed by atoms with Crippen LogP contribution >= 0.6 is 0 Å². The van der Waals surface area contributed by atoms with Gasteiger partial charge >= 0.3 is 0 Å². The van der Waals surface area contributed by atoms with Crippen LogP contribution in [0.4, 0.5) is 0 Å². The van der Waals surface area contributed by atoms with Crippen molar-refractivity contribution in [3.05, 3.63) is 29.1 Å². The second-order valence-electron chi connectivity index (χ2n) is 4.61. The van der Waals surface area contributed by atoms with Crippen molar-refractivity contribution in [2.24, 2.45) is 0 Å². The van der Waals surface area contributed by atoms with E-state index in [0.29, 0.717) is 29.9 Å². The molecule has 0 saturated heterocycles. The number of rotatable bonds is 5. The number of nitriles is 1. The molecule has 0 unspecified atom stereocenters. The molecule has 0 aliphatic rings. The highest BCUT2D eigenvalue weighted by atomic mass is 16.3. The summed E-state index contributed by atoms with van der Waals surface area (Å²) in [5.41, 5.74) is 1.37. The molecule has 1 aromatic rings. The Labute approximate surface area is 113 Å². The first-order chi connectivity index (χ1) is 9.01. The zero-order valence-corrected chi connectivity index (χ0v) is 11.6. The molecule has 0 radical (unpaired) electrons. The number of carbonyl (C=O) groups is 1. The lowest BCUT2D eigenvalue weighted by Gasteiger charge is -2.26. The monoisotopic (exact) mass is 261 g/mol. The average Bonchev–Trinajstić information content (AvgIpc) is 2.38. The topological polar surface area (TPSA) is 77.2 Å². The van der Waals surface area contributed by atoms with Crippen molar-refractivity contribution >= 4 is 5.91 Å². The molecule has 0 bridgehead atoms. The van der Waals surface area contributed by atoms with Crippen molar-refractivity contribution in [2.45, 2.75) is 33.2 Å². The number of aliphatic hydroxyl groups excluding tert-OH is 1. The zero-order valence-electron chi connectivity index (χ0n) is 11.6. The van der Waals surface area contributed by atoms with E-state index in [-0.39, 0.29) is 18.6 Å². The fraction of sp³-hybridized carbons (Fsp3) is 0.500. The van der Waals surface area contributed by atoms with E-state index in [2.05, 4.69) is 4.98 Å². The Hall–Kier alpha value is -1.93. The molecular weight excluding hydrogens is 242 g/mol. The molecule has 5 heteroatoms. The summed E-state index contributed by atoms with van der Waals surface area (Å²) in [6.45, 7) is 6.10. The molecule has 102 valence electrons. The smallest absolute Gasteiger partial charge is 0.272 e. The number of amides is 1. The molecule has 0 spiro atoms. The number of hydrogen-bond acceptors (Lipinski definition) is 4. The average molecular weight is 261 g/mol. The lowest BCUT2D eigenvalue weighted by molar-refractivity contribution is 0.0687. The van der Waals surface area contributed by atoms with E-state index in [0.717, 1.165) is 0 Å². The van der Waals surface area contributed by atoms with Crippen LogP contribution in [-0.2, 0) is 0 Å². The Morgan fingerprint density at radius 2 is 2.21 bits per heavy atom. The van der Waals surface area contributed by atoms with E-state index < -0.39 is 0 Å². The number of pyridine rings is 1. The van der Waals surface area contributed by atoms with Gasteiger partial charge in [-0.15, -0.1) is 0 Å². The second kappa shape index (κ2) is 6.86. The number of carbonyl (C=O) groups excluding carboxylic acids is 1. The summed E-state index contributed by atoms with van der Waals surface area (Å²) in [5.74, 6) is -0.170. The molecule has 0 fully saturated rings. The minimum atomic E-state index is -0.170. The highest BCUT2D eigenvalue weighted by Crippen LogP contribution is 2.10. The highest BCUT2D eigenvalue weighted by Gasteiger charge is 2.20. The molecule has 1 amide bonds. The van der Waals surface area contributed by atoms with Gasteiger partial charge in [0.1, 0.15) is 11.8 Å². The van der Waals surface area contributed by atoms with Crippen LogP contribution in [0.3, 0.4) is 0 Å². The normalized spacial score (nSPS) is 10.3. The van der Waals surface area contributed by atoms with Gasteiger partial charge < -0.3 is 10.0 Å². The molecular formula is C14H19N3O2. The van der Waals surface area contributed by atoms with Gasteiger partial charge in [-0.2, -0.15) is 5.26 Å². The maximum atomic E-state index is 12.3. The molecule has 0 aromatic carbocycles. The molecule has 19 heavy (non-hydrogen) atoms. The molecule has 0 aliphatic heterocycles. The zero-order chi connectivity index (χ0) is 14.4. The number of nitrogens with zero attached hydrogens (tertiary/aromatic N) is 3. The van der Waals surface area contributed by atoms with Crippen molar-refractivity contribution in [3.8, 4) is 6.07 Å². The quantitative estimate of drug-likeness (QED) is 0.871. The van der Waals surface area contributed by atoms with E-state index >= 15 is 0 Å². The van der Waals surface area contributed by atoms with Gasteiger partial charge in [0.25, 0.3) is 5.91 Å². The summed E-state index contributed by atoms with van der Waals surface area (Å²) < 4.78 is 0. The standard InChI is InChI=1S/C14H19N3O2/c1-10(2)17(7-4-8-18)14(19)13-6-5-12(9-15)11(3)16-13/h5-6,10,18H,4,7-8H2,1-3H3. The van der Waals surface area contributed by atoms with Crippen molar-refractivity contribution in [1.29, 1.82) is 5.26 Å². The second-order valence-corrected chi connectivity index (χ2v) is 4.61. The van der Waals surface area contributed by atoms with E-state index in [9.17, 15) is 4.79 Å². The molecule has 1 heterocycles. The first kappa shape index (κ1) is 15.1. The predicted octanol–water partition coefficient (Wildman–Crippen LogP) is 1.49. The maximum Gasteiger partial charge on any atom is 0.272 e. The van der Waals surface area contributed by atoms with E-state index in [1.807, 2.05) is 19.9 Å². The number of aryl methyl sites for hydroxylation is 1. The number of aromatic nitrogens is 1. The summed E-state index contributed by atoms with van der Waals surface area (Å²) in [4.78, 5) is 18.2. The Balaban J connectivity index is 2.97. The van der Waals surface area contributed by atoms with Crippen LogP contribution in [0.15, 0.2) is 12.1 Å². The largest absolute Gasteiger partial charge is 0.396 e. The highest BCUT2D eigenvalue weighted by molar-refractivity contribution is 5.92. The van der Waals surface area contributed by atoms with Gasteiger partial charge in [-0.1, -0.05) is 0 Å². The van der Waals surface area contributed by atoms with Crippen LogP contribution in [0, 0.1) is 18.3 Å². The van der Waals surface area contributed by atoms with Crippen LogP contribution in [0.2, 0.25) is 0 Å². The van der Waals surface area contributed by atoms with E-state index in [1.165, 1.54) is 0 Å². The van der Waals surface area contributed by atoms with Crippen LogP contribution in [0.25, 0.3) is 0 Å². The third-order valence-electron chi connectivity index (χ3n) is 2.87. The van der Waals surface area contributed by atoms with Crippen LogP contribution in [-0.4, -0.2) is 40.1 Å². The van der Waals surface area contributed by atoms with E-state index in [1.54, 1.807) is 24.0 Å². The fourth-order valence-corrected chi connectivity index (χ4v) is 1.78. The molecule has 0 aliphatic carbocycles. The fourth-order valence-electron chi connectivity index (χ4n) is 1.78. The Bertz CT molecular complexity index is 492. The summed E-state index contributed by atoms with van der Waals surface area (Å²) >= 11 is 0. The number of aliphatic hydroxyl groups is 1. The van der Waals surface area contributed by atoms with Gasteiger partial charge in [0.05, 0.1) is 11.3 Å². The van der Waals surface area contributed by atoms with Crippen molar-refractivity contribution in [3.63, 3.8) is 0 Å². The molecule has 0 atom stereocenters. The van der Waals surface area contributed by atoms with Crippen molar-refractivity contribution < 1.29 is 9.90 Å². The van der Waals surface area contributed by atoms with Gasteiger partial charge in [0, 0.05) is 19.2 Å². The lowest BCUT2D eigenvalue weighted by Crippen LogP contribution is -2.38. The molecule has 0 saturated carbocycles. The van der Waals surface area contributed by atoms with Crippen LogP contribution in [0.1, 0.15) is 42.0 Å². The molecule has 5 nitrogen and oxygen atoms in total. The van der Waals surface area contributed by atoms with Gasteiger partial charge in [-0.3, -0.25) is 4.79 Å². The van der Waals surface area contributed by atoms with Gasteiger partial charge in [-0.05, 0) is 39.3 Å². The summed E-state index contributed by atoms with van der Waals surface area (Å²) in [6.07, 6.45) is 0.541. The SMILES string of the molecule is Cc1nc(C(=O)N(CCCO)C(C)C)ccc1C#N. The summed E-state index contributed by atoms with van der Waals surface area (Å²) in [7, 11) is 0. The Kier molecular flexibility index (Phi) is 5.46. The Morgan fingerprint density at radius 1 is 1.53 bits per heavy atom. The summed E-state index contributed by atoms with van der Waals surface area (Å²) in [5, 5.41) is 17.7. The molecule has 1 rings (SSSR count). The predicted molar refractivity (Wildman–Crippen MR) is 71.6 cm³/mol. The Morgan fingerprint density at radius 3 is 2.68 bits per heavy atom. The lowest BCUT2D eigenvalue weighted by atomic mass is 10.2. The van der Waals surface area contributed by atoms with Gasteiger partial charge in [0.2, 0.25) is 0 Å². The summed E-state index contributed by atoms with van der Waals surface area (Å²) in [6, 6.07) is 5.25. The van der Waals surface area contributed by atoms with Gasteiger partial charge in [-0.25, -0.2) is 4.98 Å². The molecule has 1 N–H and O–H groups in total. The molecule has 1 aromatic heterocycles. The maximum absolute atomic E-state index is 12.3.